The number of fused-ring (bicyclic) bond motifs is 1. The van der Waals surface area contributed by atoms with Crippen LogP contribution in [-0.2, 0) is 20.7 Å². The molecule has 0 saturated carbocycles. The Morgan fingerprint density at radius 2 is 2.03 bits per heavy atom. The molecule has 0 spiro atoms. The first-order valence-corrected chi connectivity index (χ1v) is 9.61. The fraction of sp³-hybridized carbons (Fsp3) is 0.300. The van der Waals surface area contributed by atoms with Gasteiger partial charge < -0.3 is 15.0 Å². The molecule has 9 heteroatoms. The second-order valence-electron chi connectivity index (χ2n) is 6.82. The van der Waals surface area contributed by atoms with Gasteiger partial charge in [0.05, 0.1) is 6.04 Å². The van der Waals surface area contributed by atoms with Crippen LogP contribution in [0.2, 0.25) is 5.02 Å². The fourth-order valence-electron chi connectivity index (χ4n) is 3.45. The normalized spacial score (nSPS) is 19.5. The highest BCUT2D eigenvalue weighted by molar-refractivity contribution is 6.30. The number of carbonyl (C=O) groups excluding carboxylic acids is 2. The van der Waals surface area contributed by atoms with Crippen molar-refractivity contribution in [2.45, 2.75) is 18.6 Å². The molecule has 150 valence electrons. The van der Waals surface area contributed by atoms with Crippen molar-refractivity contribution in [3.8, 4) is 0 Å². The molecule has 2 amide bonds. The zero-order valence-corrected chi connectivity index (χ0v) is 16.5. The summed E-state index contributed by atoms with van der Waals surface area (Å²) in [7, 11) is 1.67. The van der Waals surface area contributed by atoms with Gasteiger partial charge in [0.15, 0.2) is 11.8 Å². The standard InChI is InChI=1S/C20H20ClN5O3/c1-25-17(27)12-29-19(18(25)13-5-7-14(21)8-6-13)20(28)22-10-9-16-24-23-15-4-2-3-11-26(15)16/h2-8,11,18-19H,9-10,12H2,1H3,(H,22,28). The number of pyridine rings is 1. The first kappa shape index (κ1) is 19.4. The highest BCUT2D eigenvalue weighted by Crippen LogP contribution is 2.30. The molecule has 2 unspecified atom stereocenters. The maximum Gasteiger partial charge on any atom is 0.251 e. The summed E-state index contributed by atoms with van der Waals surface area (Å²) in [5, 5.41) is 11.7. The van der Waals surface area contributed by atoms with Gasteiger partial charge in [-0.3, -0.25) is 14.0 Å². The summed E-state index contributed by atoms with van der Waals surface area (Å²) in [5.74, 6) is 0.300. The Kier molecular flexibility index (Phi) is 5.46. The van der Waals surface area contributed by atoms with Crippen LogP contribution in [0.4, 0.5) is 0 Å². The van der Waals surface area contributed by atoms with Gasteiger partial charge in [-0.05, 0) is 29.8 Å². The van der Waals surface area contributed by atoms with Crippen molar-refractivity contribution in [1.82, 2.24) is 24.8 Å². The molecule has 1 fully saturated rings. The molecular formula is C20H20ClN5O3. The first-order chi connectivity index (χ1) is 14.0. The van der Waals surface area contributed by atoms with Crippen LogP contribution in [0.15, 0.2) is 48.7 Å². The molecule has 0 aliphatic carbocycles. The van der Waals surface area contributed by atoms with Crippen molar-refractivity contribution in [2.75, 3.05) is 20.2 Å². The van der Waals surface area contributed by atoms with Crippen LogP contribution >= 0.6 is 11.6 Å². The number of ether oxygens (including phenoxy) is 1. The maximum absolute atomic E-state index is 12.9. The minimum atomic E-state index is -0.811. The molecule has 3 heterocycles. The van der Waals surface area contributed by atoms with Gasteiger partial charge in [-0.25, -0.2) is 0 Å². The van der Waals surface area contributed by atoms with Crippen molar-refractivity contribution in [1.29, 1.82) is 0 Å². The minimum absolute atomic E-state index is 0.131. The lowest BCUT2D eigenvalue weighted by atomic mass is 9.97. The predicted molar refractivity (Wildman–Crippen MR) is 106 cm³/mol. The van der Waals surface area contributed by atoms with Crippen molar-refractivity contribution in [2.24, 2.45) is 0 Å². The Morgan fingerprint density at radius 3 is 2.83 bits per heavy atom. The van der Waals surface area contributed by atoms with E-state index in [0.29, 0.717) is 18.0 Å². The number of nitrogens with zero attached hydrogens (tertiary/aromatic N) is 4. The van der Waals surface area contributed by atoms with Gasteiger partial charge in [-0.2, -0.15) is 0 Å². The third-order valence-corrected chi connectivity index (χ3v) is 5.24. The summed E-state index contributed by atoms with van der Waals surface area (Å²) in [6.07, 6.45) is 1.59. The van der Waals surface area contributed by atoms with Crippen LogP contribution < -0.4 is 5.32 Å². The number of hydrogen-bond donors (Lipinski definition) is 1. The summed E-state index contributed by atoms with van der Waals surface area (Å²) in [6.45, 7) is 0.243. The van der Waals surface area contributed by atoms with E-state index in [-0.39, 0.29) is 18.4 Å². The van der Waals surface area contributed by atoms with E-state index in [2.05, 4.69) is 15.5 Å². The number of halogens is 1. The smallest absolute Gasteiger partial charge is 0.251 e. The van der Waals surface area contributed by atoms with Crippen molar-refractivity contribution < 1.29 is 14.3 Å². The van der Waals surface area contributed by atoms with Crippen LogP contribution in [0.5, 0.6) is 0 Å². The van der Waals surface area contributed by atoms with E-state index in [9.17, 15) is 9.59 Å². The summed E-state index contributed by atoms with van der Waals surface area (Å²) >= 11 is 5.97. The van der Waals surface area contributed by atoms with Crippen LogP contribution in [0, 0.1) is 0 Å². The van der Waals surface area contributed by atoms with E-state index in [0.717, 1.165) is 17.0 Å². The molecule has 1 aromatic carbocycles. The molecule has 8 nitrogen and oxygen atoms in total. The Labute approximate surface area is 172 Å². The molecule has 1 aliphatic heterocycles. The Morgan fingerprint density at radius 1 is 1.24 bits per heavy atom. The predicted octanol–water partition coefficient (Wildman–Crippen LogP) is 1.64. The van der Waals surface area contributed by atoms with Gasteiger partial charge in [0.25, 0.3) is 5.91 Å². The average molecular weight is 414 g/mol. The molecule has 2 atom stereocenters. The number of nitrogens with one attached hydrogen (secondary N) is 1. The van der Waals surface area contributed by atoms with Gasteiger partial charge in [-0.15, -0.1) is 10.2 Å². The lowest BCUT2D eigenvalue weighted by Crippen LogP contribution is -2.53. The van der Waals surface area contributed by atoms with E-state index in [4.69, 9.17) is 16.3 Å². The lowest BCUT2D eigenvalue weighted by molar-refractivity contribution is -0.162. The van der Waals surface area contributed by atoms with Crippen LogP contribution in [0.1, 0.15) is 17.4 Å². The van der Waals surface area contributed by atoms with Crippen LogP contribution in [0.3, 0.4) is 0 Å². The topological polar surface area (TPSA) is 88.8 Å². The van der Waals surface area contributed by atoms with Crippen molar-refractivity contribution in [3.63, 3.8) is 0 Å². The second kappa shape index (κ2) is 8.18. The molecule has 0 radical (unpaired) electrons. The van der Waals surface area contributed by atoms with Gasteiger partial charge in [0.1, 0.15) is 12.4 Å². The summed E-state index contributed by atoms with van der Waals surface area (Å²) in [6, 6.07) is 12.2. The minimum Gasteiger partial charge on any atom is -0.356 e. The molecule has 4 rings (SSSR count). The number of benzene rings is 1. The quantitative estimate of drug-likeness (QED) is 0.687. The van der Waals surface area contributed by atoms with Crippen molar-refractivity contribution >= 4 is 29.1 Å². The molecule has 2 aromatic heterocycles. The molecule has 1 aliphatic rings. The fourth-order valence-corrected chi connectivity index (χ4v) is 3.58. The van der Waals surface area contributed by atoms with Gasteiger partial charge in [0.2, 0.25) is 5.91 Å². The molecule has 1 N–H and O–H groups in total. The Bertz CT molecular complexity index is 1040. The van der Waals surface area contributed by atoms with E-state index in [1.165, 1.54) is 0 Å². The number of rotatable bonds is 5. The zero-order chi connectivity index (χ0) is 20.4. The second-order valence-corrected chi connectivity index (χ2v) is 7.26. The Hall–Kier alpha value is -2.97. The highest BCUT2D eigenvalue weighted by atomic mass is 35.5. The Balaban J connectivity index is 1.45. The SMILES string of the molecule is CN1C(=O)COC(C(=O)NCCc2nnc3ccccn23)C1c1ccc(Cl)cc1. The maximum atomic E-state index is 12.9. The number of aromatic nitrogens is 3. The van der Waals surface area contributed by atoms with Gasteiger partial charge >= 0.3 is 0 Å². The highest BCUT2D eigenvalue weighted by Gasteiger charge is 2.39. The number of amides is 2. The first-order valence-electron chi connectivity index (χ1n) is 9.23. The monoisotopic (exact) mass is 413 g/mol. The summed E-state index contributed by atoms with van der Waals surface area (Å²) < 4.78 is 7.49. The van der Waals surface area contributed by atoms with E-state index >= 15 is 0 Å². The van der Waals surface area contributed by atoms with Gasteiger partial charge in [0, 0.05) is 31.2 Å². The number of likely N-dealkylation sites (N-methyl/N-ethyl adjacent to an activating group) is 1. The zero-order valence-electron chi connectivity index (χ0n) is 15.8. The summed E-state index contributed by atoms with van der Waals surface area (Å²) in [4.78, 5) is 26.5. The number of morpholine rings is 1. The molecule has 0 bridgehead atoms. The van der Waals surface area contributed by atoms with E-state index in [1.807, 2.05) is 28.8 Å². The largest absolute Gasteiger partial charge is 0.356 e. The number of carbonyl (C=O) groups is 2. The third-order valence-electron chi connectivity index (χ3n) is 4.99. The summed E-state index contributed by atoms with van der Waals surface area (Å²) in [5.41, 5.74) is 1.54. The number of hydrogen-bond acceptors (Lipinski definition) is 5. The van der Waals surface area contributed by atoms with E-state index in [1.54, 1.807) is 36.2 Å². The molecule has 1 saturated heterocycles. The van der Waals surface area contributed by atoms with Gasteiger partial charge in [-0.1, -0.05) is 29.8 Å². The molecule has 3 aromatic rings. The van der Waals surface area contributed by atoms with Crippen molar-refractivity contribution in [3.05, 3.63) is 65.1 Å². The van der Waals surface area contributed by atoms with E-state index < -0.39 is 12.1 Å². The molecular weight excluding hydrogens is 394 g/mol. The third kappa shape index (κ3) is 3.94. The lowest BCUT2D eigenvalue weighted by Gasteiger charge is -2.38. The molecule has 29 heavy (non-hydrogen) atoms. The average Bonchev–Trinajstić information content (AvgIpc) is 3.14. The van der Waals surface area contributed by atoms with Crippen LogP contribution in [-0.4, -0.2) is 57.6 Å². The van der Waals surface area contributed by atoms with Crippen LogP contribution in [0.25, 0.3) is 5.65 Å².